The van der Waals surface area contributed by atoms with Gasteiger partial charge in [-0.15, -0.1) is 10.2 Å². The summed E-state index contributed by atoms with van der Waals surface area (Å²) in [5.41, 5.74) is 1.24. The lowest BCUT2D eigenvalue weighted by Gasteiger charge is -2.16. The van der Waals surface area contributed by atoms with Crippen molar-refractivity contribution in [2.24, 2.45) is 0 Å². The summed E-state index contributed by atoms with van der Waals surface area (Å²) in [5, 5.41) is 10.8. The van der Waals surface area contributed by atoms with Gasteiger partial charge < -0.3 is 0 Å². The molecule has 1 aromatic heterocycles. The van der Waals surface area contributed by atoms with E-state index in [-0.39, 0.29) is 5.41 Å². The molecule has 10 heavy (non-hydrogen) atoms. The van der Waals surface area contributed by atoms with Crippen LogP contribution >= 0.6 is 0 Å². The second-order valence-corrected chi connectivity index (χ2v) is 3.28. The van der Waals surface area contributed by atoms with Gasteiger partial charge in [0, 0.05) is 0 Å². The van der Waals surface area contributed by atoms with E-state index in [1.54, 1.807) is 12.4 Å². The molecule has 0 aromatic carbocycles. The molecule has 0 radical (unpaired) electrons. The van der Waals surface area contributed by atoms with Crippen LogP contribution in [0, 0.1) is 0 Å². The van der Waals surface area contributed by atoms with Crippen LogP contribution in [0.4, 0.5) is 0 Å². The minimum absolute atomic E-state index is 0.128. The molecule has 0 bridgehead atoms. The van der Waals surface area contributed by atoms with Crippen molar-refractivity contribution in [2.75, 3.05) is 0 Å². The molecule has 1 rings (SSSR count). The van der Waals surface area contributed by atoms with Gasteiger partial charge in [0.25, 0.3) is 0 Å². The zero-order valence-electron chi connectivity index (χ0n) is 6.50. The molecule has 0 fully saturated rings. The van der Waals surface area contributed by atoms with Crippen molar-refractivity contribution >= 4 is 0 Å². The van der Waals surface area contributed by atoms with Crippen LogP contribution in [-0.2, 0) is 5.41 Å². The number of hydrogen-bond donors (Lipinski definition) is 0. The first-order valence-electron chi connectivity index (χ1n) is 3.24. The molecule has 54 valence electrons. The van der Waals surface area contributed by atoms with Crippen LogP contribution in [0.5, 0.6) is 0 Å². The molecule has 0 saturated carbocycles. The average Bonchev–Trinajstić information content (AvgIpc) is 1.88. The van der Waals surface area contributed by atoms with Gasteiger partial charge >= 0.3 is 0 Å². The van der Waals surface area contributed by atoms with E-state index in [0.717, 1.165) is 5.56 Å². The van der Waals surface area contributed by atoms with Crippen molar-refractivity contribution < 1.29 is 0 Å². The maximum Gasteiger partial charge on any atom is 0.0567 e. The molecule has 0 saturated heterocycles. The van der Waals surface area contributed by atoms with Gasteiger partial charge in [-0.05, 0) is 16.2 Å². The summed E-state index contributed by atoms with van der Waals surface area (Å²) in [6.07, 6.45) is 3.49. The Balaban J connectivity index is 2.97. The van der Waals surface area contributed by atoms with E-state index in [2.05, 4.69) is 36.2 Å². The summed E-state index contributed by atoms with van der Waals surface area (Å²) in [6, 6.07) is 0. The fourth-order valence-corrected chi connectivity index (χ4v) is 0.626. The fourth-order valence-electron chi connectivity index (χ4n) is 0.626. The van der Waals surface area contributed by atoms with Gasteiger partial charge in [0.15, 0.2) is 0 Å². The highest BCUT2D eigenvalue weighted by atomic mass is 15.3. The van der Waals surface area contributed by atoms with E-state index >= 15 is 0 Å². The molecule has 0 amide bonds. The summed E-state index contributed by atoms with van der Waals surface area (Å²) in [5.74, 6) is 0. The smallest absolute Gasteiger partial charge is 0.0567 e. The molecular formula is C7H11N3. The van der Waals surface area contributed by atoms with Crippen LogP contribution in [0.1, 0.15) is 26.3 Å². The van der Waals surface area contributed by atoms with E-state index in [1.165, 1.54) is 0 Å². The zero-order valence-corrected chi connectivity index (χ0v) is 6.50. The largest absolute Gasteiger partial charge is 0.138 e. The Kier molecular flexibility index (Phi) is 1.66. The summed E-state index contributed by atoms with van der Waals surface area (Å²) >= 11 is 0. The lowest BCUT2D eigenvalue weighted by Crippen LogP contribution is -2.12. The summed E-state index contributed by atoms with van der Waals surface area (Å²) in [7, 11) is 0. The first-order chi connectivity index (χ1) is 4.61. The van der Waals surface area contributed by atoms with Crippen molar-refractivity contribution in [3.63, 3.8) is 0 Å². The molecule has 1 heterocycles. The molecular weight excluding hydrogens is 126 g/mol. The summed E-state index contributed by atoms with van der Waals surface area (Å²) < 4.78 is 0. The SMILES string of the molecule is CC(C)(C)c1cnnnc1. The Bertz CT molecular complexity index is 200. The molecule has 0 aliphatic rings. The predicted molar refractivity (Wildman–Crippen MR) is 38.5 cm³/mol. The maximum atomic E-state index is 3.69. The van der Waals surface area contributed by atoms with Gasteiger partial charge in [-0.2, -0.15) is 0 Å². The van der Waals surface area contributed by atoms with Crippen molar-refractivity contribution in [3.05, 3.63) is 18.0 Å². The Hall–Kier alpha value is -0.990. The Morgan fingerprint density at radius 2 is 1.60 bits per heavy atom. The van der Waals surface area contributed by atoms with Crippen LogP contribution in [0.3, 0.4) is 0 Å². The van der Waals surface area contributed by atoms with E-state index in [4.69, 9.17) is 0 Å². The fraction of sp³-hybridized carbons (Fsp3) is 0.571. The number of hydrogen-bond acceptors (Lipinski definition) is 3. The molecule has 1 aromatic rings. The quantitative estimate of drug-likeness (QED) is 0.538. The van der Waals surface area contributed by atoms with Gasteiger partial charge in [-0.3, -0.25) is 0 Å². The Morgan fingerprint density at radius 1 is 1.10 bits per heavy atom. The normalized spacial score (nSPS) is 11.5. The van der Waals surface area contributed by atoms with Gasteiger partial charge in [0.1, 0.15) is 0 Å². The van der Waals surface area contributed by atoms with Crippen molar-refractivity contribution in [3.8, 4) is 0 Å². The number of rotatable bonds is 0. The minimum Gasteiger partial charge on any atom is -0.138 e. The van der Waals surface area contributed by atoms with Gasteiger partial charge in [-0.1, -0.05) is 20.8 Å². The topological polar surface area (TPSA) is 38.7 Å². The molecule has 3 nitrogen and oxygen atoms in total. The standard InChI is InChI=1S/C7H11N3/c1-7(2,3)6-4-8-10-9-5-6/h4-5H,1-3H3. The highest BCUT2D eigenvalue weighted by Crippen LogP contribution is 2.18. The van der Waals surface area contributed by atoms with Crippen LogP contribution in [0.2, 0.25) is 0 Å². The third kappa shape index (κ3) is 1.50. The number of aromatic nitrogens is 3. The van der Waals surface area contributed by atoms with Crippen molar-refractivity contribution in [2.45, 2.75) is 26.2 Å². The third-order valence-corrected chi connectivity index (χ3v) is 1.36. The first-order valence-corrected chi connectivity index (χ1v) is 3.24. The highest BCUT2D eigenvalue weighted by Gasteiger charge is 2.13. The minimum atomic E-state index is 0.128. The van der Waals surface area contributed by atoms with Gasteiger partial charge in [-0.25, -0.2) is 0 Å². The first kappa shape index (κ1) is 7.12. The Morgan fingerprint density at radius 3 is 1.90 bits per heavy atom. The lowest BCUT2D eigenvalue weighted by molar-refractivity contribution is 0.577. The predicted octanol–water partition coefficient (Wildman–Crippen LogP) is 1.17. The van der Waals surface area contributed by atoms with Crippen LogP contribution in [0.15, 0.2) is 12.4 Å². The maximum absolute atomic E-state index is 3.69. The molecule has 3 heteroatoms. The van der Waals surface area contributed by atoms with Crippen molar-refractivity contribution in [1.82, 2.24) is 15.4 Å². The van der Waals surface area contributed by atoms with E-state index in [1.807, 2.05) is 0 Å². The molecule has 0 atom stereocenters. The van der Waals surface area contributed by atoms with Gasteiger partial charge in [0.05, 0.1) is 12.4 Å². The number of nitrogens with zero attached hydrogens (tertiary/aromatic N) is 3. The van der Waals surface area contributed by atoms with E-state index in [0.29, 0.717) is 0 Å². The van der Waals surface area contributed by atoms with Crippen LogP contribution in [-0.4, -0.2) is 15.4 Å². The summed E-state index contributed by atoms with van der Waals surface area (Å²) in [6.45, 7) is 6.35. The van der Waals surface area contributed by atoms with Gasteiger partial charge in [0.2, 0.25) is 0 Å². The highest BCUT2D eigenvalue weighted by molar-refractivity contribution is 5.12. The monoisotopic (exact) mass is 137 g/mol. The van der Waals surface area contributed by atoms with E-state index in [9.17, 15) is 0 Å². The molecule has 0 aliphatic heterocycles. The van der Waals surface area contributed by atoms with Crippen LogP contribution < -0.4 is 0 Å². The van der Waals surface area contributed by atoms with Crippen molar-refractivity contribution in [1.29, 1.82) is 0 Å². The zero-order chi connectivity index (χ0) is 7.61. The average molecular weight is 137 g/mol. The Labute approximate surface area is 60.5 Å². The molecule has 0 aliphatic carbocycles. The summed E-state index contributed by atoms with van der Waals surface area (Å²) in [4.78, 5) is 0. The van der Waals surface area contributed by atoms with E-state index < -0.39 is 0 Å². The van der Waals surface area contributed by atoms with Crippen LogP contribution in [0.25, 0.3) is 0 Å². The lowest BCUT2D eigenvalue weighted by atomic mass is 9.90. The second-order valence-electron chi connectivity index (χ2n) is 3.28. The second kappa shape index (κ2) is 2.33. The molecule has 0 N–H and O–H groups in total. The third-order valence-electron chi connectivity index (χ3n) is 1.36. The molecule has 0 unspecified atom stereocenters. The molecule has 0 spiro atoms.